The Hall–Kier alpha value is -2.94. The summed E-state index contributed by atoms with van der Waals surface area (Å²) in [6.45, 7) is 10.1. The second-order valence-corrected chi connectivity index (χ2v) is 7.30. The van der Waals surface area contributed by atoms with Crippen LogP contribution in [0.3, 0.4) is 0 Å². The highest BCUT2D eigenvalue weighted by Crippen LogP contribution is 2.28. The lowest BCUT2D eigenvalue weighted by Crippen LogP contribution is -2.11. The van der Waals surface area contributed by atoms with E-state index in [4.69, 9.17) is 0 Å². The van der Waals surface area contributed by atoms with Gasteiger partial charge < -0.3 is 5.32 Å². The topological polar surface area (TPSA) is 24.9 Å². The molecular weight excluding hydrogens is 335 g/mol. The van der Waals surface area contributed by atoms with Crippen LogP contribution in [-0.4, -0.2) is 4.98 Å². The SMILES string of the molecule is C=C(NCc1cccc(C)c1)c1ccc(-c2cc(C(C)(C)F)ccn2)cc1. The molecule has 0 aliphatic rings. The minimum absolute atomic E-state index is 0.626. The molecule has 138 valence electrons. The van der Waals surface area contributed by atoms with Crippen molar-refractivity contribution in [2.45, 2.75) is 33.0 Å². The Morgan fingerprint density at radius 1 is 1.07 bits per heavy atom. The molecule has 3 heteroatoms. The molecule has 0 bridgehead atoms. The summed E-state index contributed by atoms with van der Waals surface area (Å²) in [4.78, 5) is 4.38. The fourth-order valence-corrected chi connectivity index (χ4v) is 2.93. The van der Waals surface area contributed by atoms with Gasteiger partial charge in [0.25, 0.3) is 0 Å². The predicted molar refractivity (Wildman–Crippen MR) is 111 cm³/mol. The van der Waals surface area contributed by atoms with Gasteiger partial charge in [0.2, 0.25) is 0 Å². The van der Waals surface area contributed by atoms with Crippen molar-refractivity contribution < 1.29 is 4.39 Å². The summed E-state index contributed by atoms with van der Waals surface area (Å²) in [5.74, 6) is 0. The first-order valence-electron chi connectivity index (χ1n) is 9.07. The third-order valence-corrected chi connectivity index (χ3v) is 4.56. The molecule has 0 aliphatic carbocycles. The fraction of sp³-hybridized carbons (Fsp3) is 0.208. The molecule has 2 nitrogen and oxygen atoms in total. The van der Waals surface area contributed by atoms with Crippen molar-refractivity contribution in [3.05, 3.63) is 95.7 Å². The Morgan fingerprint density at radius 3 is 2.48 bits per heavy atom. The molecule has 0 unspecified atom stereocenters. The number of alkyl halides is 1. The van der Waals surface area contributed by atoms with E-state index in [1.54, 1.807) is 32.2 Å². The zero-order valence-electron chi connectivity index (χ0n) is 16.1. The molecule has 0 saturated heterocycles. The van der Waals surface area contributed by atoms with E-state index in [0.717, 1.165) is 29.1 Å². The number of halogens is 1. The third kappa shape index (κ3) is 4.82. The first-order valence-corrected chi connectivity index (χ1v) is 9.07. The molecule has 1 N–H and O–H groups in total. The van der Waals surface area contributed by atoms with Gasteiger partial charge in [0, 0.05) is 24.0 Å². The van der Waals surface area contributed by atoms with Crippen molar-refractivity contribution >= 4 is 5.70 Å². The van der Waals surface area contributed by atoms with Crippen molar-refractivity contribution in [3.8, 4) is 11.3 Å². The van der Waals surface area contributed by atoms with E-state index in [9.17, 15) is 4.39 Å². The first-order chi connectivity index (χ1) is 12.8. The normalized spacial score (nSPS) is 11.3. The van der Waals surface area contributed by atoms with Gasteiger partial charge >= 0.3 is 0 Å². The number of benzene rings is 2. The average molecular weight is 360 g/mol. The molecule has 27 heavy (non-hydrogen) atoms. The van der Waals surface area contributed by atoms with Gasteiger partial charge in [0.05, 0.1) is 5.69 Å². The van der Waals surface area contributed by atoms with E-state index in [1.165, 1.54) is 11.1 Å². The van der Waals surface area contributed by atoms with Crippen LogP contribution < -0.4 is 5.32 Å². The van der Waals surface area contributed by atoms with Gasteiger partial charge in [-0.3, -0.25) is 4.98 Å². The van der Waals surface area contributed by atoms with Crippen molar-refractivity contribution in [2.24, 2.45) is 0 Å². The molecule has 1 heterocycles. The third-order valence-electron chi connectivity index (χ3n) is 4.56. The van der Waals surface area contributed by atoms with Gasteiger partial charge in [-0.05, 0) is 49.6 Å². The van der Waals surface area contributed by atoms with E-state index in [2.05, 4.69) is 48.1 Å². The van der Waals surface area contributed by atoms with Crippen LogP contribution in [0.5, 0.6) is 0 Å². The Kier molecular flexibility index (Phi) is 5.41. The van der Waals surface area contributed by atoms with E-state index < -0.39 is 5.67 Å². The van der Waals surface area contributed by atoms with Crippen molar-refractivity contribution in [1.82, 2.24) is 10.3 Å². The van der Waals surface area contributed by atoms with Gasteiger partial charge in [-0.25, -0.2) is 4.39 Å². The Bertz CT molecular complexity index is 937. The highest BCUT2D eigenvalue weighted by atomic mass is 19.1. The lowest BCUT2D eigenvalue weighted by molar-refractivity contribution is 0.221. The van der Waals surface area contributed by atoms with Crippen LogP contribution in [0.2, 0.25) is 0 Å². The molecule has 2 aromatic carbocycles. The molecule has 0 amide bonds. The number of hydrogen-bond acceptors (Lipinski definition) is 2. The van der Waals surface area contributed by atoms with E-state index in [1.807, 2.05) is 24.3 Å². The van der Waals surface area contributed by atoms with Gasteiger partial charge in [-0.15, -0.1) is 0 Å². The fourth-order valence-electron chi connectivity index (χ4n) is 2.93. The summed E-state index contributed by atoms with van der Waals surface area (Å²) in [5, 5.41) is 3.37. The lowest BCUT2D eigenvalue weighted by Gasteiger charge is -2.15. The predicted octanol–water partition coefficient (Wildman–Crippen LogP) is 6.02. The van der Waals surface area contributed by atoms with Crippen LogP contribution in [0.4, 0.5) is 4.39 Å². The molecule has 1 aromatic heterocycles. The average Bonchev–Trinajstić information content (AvgIpc) is 2.66. The van der Waals surface area contributed by atoms with Crippen LogP contribution in [0, 0.1) is 6.92 Å². The minimum Gasteiger partial charge on any atom is -0.381 e. The molecule has 0 radical (unpaired) electrons. The van der Waals surface area contributed by atoms with Crippen LogP contribution in [0.25, 0.3) is 17.0 Å². The minimum atomic E-state index is -1.38. The number of nitrogens with zero attached hydrogens (tertiary/aromatic N) is 1. The number of aryl methyl sites for hydroxylation is 1. The highest BCUT2D eigenvalue weighted by Gasteiger charge is 2.19. The van der Waals surface area contributed by atoms with Crippen LogP contribution >= 0.6 is 0 Å². The standard InChI is InChI=1S/C24H25FN2/c1-17-6-5-7-19(14-17)16-27-18(2)20-8-10-21(11-9-20)23-15-22(12-13-26-23)24(3,4)25/h5-15,27H,2,16H2,1,3-4H3. The van der Waals surface area contributed by atoms with Gasteiger partial charge in [0.1, 0.15) is 5.67 Å². The number of rotatable bonds is 6. The summed E-state index contributed by atoms with van der Waals surface area (Å²) >= 11 is 0. The molecule has 0 atom stereocenters. The van der Waals surface area contributed by atoms with Crippen LogP contribution in [0.1, 0.15) is 36.1 Å². The lowest BCUT2D eigenvalue weighted by atomic mass is 9.98. The molecule has 0 spiro atoms. The number of hydrogen-bond donors (Lipinski definition) is 1. The molecule has 0 fully saturated rings. The highest BCUT2D eigenvalue weighted by molar-refractivity contribution is 5.67. The zero-order chi connectivity index (χ0) is 19.4. The molecule has 3 rings (SSSR count). The molecule has 3 aromatic rings. The maximum absolute atomic E-state index is 14.2. The summed E-state index contributed by atoms with van der Waals surface area (Å²) in [6, 6.07) is 19.9. The quantitative estimate of drug-likeness (QED) is 0.581. The van der Waals surface area contributed by atoms with Crippen LogP contribution in [-0.2, 0) is 12.2 Å². The van der Waals surface area contributed by atoms with E-state index in [0.29, 0.717) is 5.56 Å². The van der Waals surface area contributed by atoms with Crippen LogP contribution in [0.15, 0.2) is 73.4 Å². The van der Waals surface area contributed by atoms with E-state index >= 15 is 0 Å². The Labute approximate surface area is 160 Å². The molecule has 0 saturated carbocycles. The second-order valence-electron chi connectivity index (χ2n) is 7.30. The number of pyridine rings is 1. The maximum Gasteiger partial charge on any atom is 0.130 e. The van der Waals surface area contributed by atoms with Crippen molar-refractivity contribution in [2.75, 3.05) is 0 Å². The van der Waals surface area contributed by atoms with Gasteiger partial charge in [-0.1, -0.05) is 60.7 Å². The summed E-state index contributed by atoms with van der Waals surface area (Å²) in [7, 11) is 0. The monoisotopic (exact) mass is 360 g/mol. The van der Waals surface area contributed by atoms with Crippen molar-refractivity contribution in [1.29, 1.82) is 0 Å². The van der Waals surface area contributed by atoms with E-state index in [-0.39, 0.29) is 0 Å². The van der Waals surface area contributed by atoms with Crippen molar-refractivity contribution in [3.63, 3.8) is 0 Å². The maximum atomic E-state index is 14.2. The Morgan fingerprint density at radius 2 is 1.81 bits per heavy atom. The smallest absolute Gasteiger partial charge is 0.130 e. The zero-order valence-corrected chi connectivity index (χ0v) is 16.1. The van der Waals surface area contributed by atoms with Gasteiger partial charge in [0.15, 0.2) is 0 Å². The summed E-state index contributed by atoms with van der Waals surface area (Å²) < 4.78 is 14.2. The second kappa shape index (κ2) is 7.75. The Balaban J connectivity index is 1.70. The summed E-state index contributed by atoms with van der Waals surface area (Å²) in [5.41, 5.74) is 5.33. The summed E-state index contributed by atoms with van der Waals surface area (Å²) in [6.07, 6.45) is 1.66. The molecular formula is C24H25FN2. The molecule has 0 aliphatic heterocycles. The first kappa shape index (κ1) is 18.8. The number of nitrogens with one attached hydrogen (secondary N) is 1. The van der Waals surface area contributed by atoms with Gasteiger partial charge in [-0.2, -0.15) is 0 Å². The largest absolute Gasteiger partial charge is 0.381 e. The number of aromatic nitrogens is 1.